The number of nitrogens with zero attached hydrogens (tertiary/aromatic N) is 3. The predicted octanol–water partition coefficient (Wildman–Crippen LogP) is 2.59. The number of nitrogens with one attached hydrogen (secondary N) is 1. The molecule has 0 saturated heterocycles. The van der Waals surface area contributed by atoms with Gasteiger partial charge in [0, 0.05) is 37.3 Å². The van der Waals surface area contributed by atoms with Crippen molar-refractivity contribution in [2.24, 2.45) is 0 Å². The Balaban J connectivity index is 1.82. The van der Waals surface area contributed by atoms with Crippen LogP contribution in [0, 0.1) is 0 Å². The minimum absolute atomic E-state index is 0.219. The molecule has 1 atom stereocenters. The fourth-order valence-electron chi connectivity index (χ4n) is 2.75. The number of carbonyl (C=O) groups excluding carboxylic acids is 1. The lowest BCUT2D eigenvalue weighted by molar-refractivity contribution is -0.105. The molecule has 7 heteroatoms. The van der Waals surface area contributed by atoms with Crippen molar-refractivity contribution < 1.29 is 14.3 Å². The van der Waals surface area contributed by atoms with Crippen LogP contribution in [0.5, 0.6) is 0 Å². The first-order valence-corrected chi connectivity index (χ1v) is 8.41. The normalized spacial score (nSPS) is 16.7. The van der Waals surface area contributed by atoms with Gasteiger partial charge in [0.05, 0.1) is 17.0 Å². The number of pyridine rings is 1. The van der Waals surface area contributed by atoms with E-state index in [0.29, 0.717) is 11.3 Å². The number of ether oxygens (including phenoxy) is 2. The molecule has 0 fully saturated rings. The van der Waals surface area contributed by atoms with Crippen molar-refractivity contribution in [1.29, 1.82) is 0 Å². The van der Waals surface area contributed by atoms with Crippen LogP contribution in [0.1, 0.15) is 25.5 Å². The summed E-state index contributed by atoms with van der Waals surface area (Å²) < 4.78 is 13.0. The molecular weight excluding hydrogens is 332 g/mol. The highest BCUT2D eigenvalue weighted by Crippen LogP contribution is 2.25. The summed E-state index contributed by atoms with van der Waals surface area (Å²) in [6.45, 7) is 4.42. The molecule has 1 aliphatic rings. The van der Waals surface area contributed by atoms with E-state index in [9.17, 15) is 4.79 Å². The molecule has 7 nitrogen and oxygen atoms in total. The number of aldehydes is 1. The zero-order valence-electron chi connectivity index (χ0n) is 15.0. The van der Waals surface area contributed by atoms with E-state index in [2.05, 4.69) is 29.2 Å². The fourth-order valence-corrected chi connectivity index (χ4v) is 2.75. The molecule has 1 aliphatic heterocycles. The molecule has 0 bridgehead atoms. The van der Waals surface area contributed by atoms with E-state index in [4.69, 9.17) is 9.47 Å². The van der Waals surface area contributed by atoms with Crippen molar-refractivity contribution in [3.8, 4) is 11.4 Å². The smallest absolute Gasteiger partial charge is 0.153 e. The zero-order chi connectivity index (χ0) is 18.5. The van der Waals surface area contributed by atoms with Gasteiger partial charge in [-0.25, -0.2) is 0 Å². The van der Waals surface area contributed by atoms with Gasteiger partial charge in [-0.3, -0.25) is 14.5 Å². The predicted molar refractivity (Wildman–Crippen MR) is 96.8 cm³/mol. The molecule has 26 heavy (non-hydrogen) atoms. The topological polar surface area (TPSA) is 78.3 Å². The largest absolute Gasteiger partial charge is 0.487 e. The van der Waals surface area contributed by atoms with Gasteiger partial charge in [0.2, 0.25) is 0 Å². The first-order chi connectivity index (χ1) is 12.6. The lowest BCUT2D eigenvalue weighted by Gasteiger charge is -2.21. The van der Waals surface area contributed by atoms with Gasteiger partial charge in [-0.2, -0.15) is 5.10 Å². The van der Waals surface area contributed by atoms with Crippen molar-refractivity contribution in [1.82, 2.24) is 20.1 Å². The van der Waals surface area contributed by atoms with Crippen molar-refractivity contribution in [3.63, 3.8) is 0 Å². The maximum absolute atomic E-state index is 11.3. The first-order valence-electron chi connectivity index (χ1n) is 8.41. The Morgan fingerprint density at radius 2 is 2.19 bits per heavy atom. The highest BCUT2D eigenvalue weighted by molar-refractivity contribution is 5.79. The summed E-state index contributed by atoms with van der Waals surface area (Å²) in [5.41, 5.74) is 3.11. The summed E-state index contributed by atoms with van der Waals surface area (Å²) >= 11 is 0. The van der Waals surface area contributed by atoms with Crippen LogP contribution in [0.2, 0.25) is 0 Å². The van der Waals surface area contributed by atoms with Gasteiger partial charge in [-0.1, -0.05) is 6.07 Å². The molecule has 3 rings (SSSR count). The van der Waals surface area contributed by atoms with Gasteiger partial charge >= 0.3 is 0 Å². The number of rotatable bonds is 7. The Morgan fingerprint density at radius 3 is 2.92 bits per heavy atom. The molecule has 0 amide bonds. The van der Waals surface area contributed by atoms with E-state index >= 15 is 0 Å². The summed E-state index contributed by atoms with van der Waals surface area (Å²) in [5.74, 6) is 0.473. The van der Waals surface area contributed by atoms with Crippen LogP contribution in [0.25, 0.3) is 11.4 Å². The minimum atomic E-state index is -0.336. The molecule has 0 aliphatic carbocycles. The minimum Gasteiger partial charge on any atom is -0.487 e. The van der Waals surface area contributed by atoms with Crippen LogP contribution in [0.15, 0.2) is 54.2 Å². The molecule has 1 N–H and O–H groups in total. The van der Waals surface area contributed by atoms with E-state index < -0.39 is 0 Å². The number of hydrogen-bond acceptors (Lipinski definition) is 6. The lowest BCUT2D eigenvalue weighted by Crippen LogP contribution is -2.28. The van der Waals surface area contributed by atoms with Gasteiger partial charge in [-0.15, -0.1) is 0 Å². The zero-order valence-corrected chi connectivity index (χ0v) is 15.0. The SMILES string of the molecule is COC1C=C(C=O)C(OCc2cccnc2-c2ccnn2C(C)C)=CN1. The average molecular weight is 354 g/mol. The van der Waals surface area contributed by atoms with Crippen molar-refractivity contribution >= 4 is 6.29 Å². The molecule has 0 radical (unpaired) electrons. The van der Waals surface area contributed by atoms with Crippen LogP contribution < -0.4 is 5.32 Å². The Morgan fingerprint density at radius 1 is 1.35 bits per heavy atom. The third kappa shape index (κ3) is 3.67. The van der Waals surface area contributed by atoms with E-state index in [1.54, 1.807) is 31.8 Å². The Hall–Kier alpha value is -2.93. The first kappa shape index (κ1) is 17.9. The molecular formula is C19H22N4O3. The Kier molecular flexibility index (Phi) is 5.48. The molecule has 0 spiro atoms. The van der Waals surface area contributed by atoms with Crippen LogP contribution in [-0.2, 0) is 20.9 Å². The number of dihydropyridines is 1. The second-order valence-corrected chi connectivity index (χ2v) is 6.13. The van der Waals surface area contributed by atoms with E-state index in [0.717, 1.165) is 23.2 Å². The second kappa shape index (κ2) is 7.97. The molecule has 0 aromatic carbocycles. The van der Waals surface area contributed by atoms with Crippen LogP contribution in [-0.4, -0.2) is 34.4 Å². The second-order valence-electron chi connectivity index (χ2n) is 6.13. The van der Waals surface area contributed by atoms with Gasteiger partial charge in [0.25, 0.3) is 0 Å². The molecule has 2 aromatic heterocycles. The number of hydrogen-bond donors (Lipinski definition) is 1. The van der Waals surface area contributed by atoms with Gasteiger partial charge < -0.3 is 14.8 Å². The summed E-state index contributed by atoms with van der Waals surface area (Å²) in [6, 6.07) is 5.98. The number of aromatic nitrogens is 3. The van der Waals surface area contributed by atoms with Gasteiger partial charge in [-0.05, 0) is 32.1 Å². The molecule has 3 heterocycles. The van der Waals surface area contributed by atoms with Crippen LogP contribution in [0.3, 0.4) is 0 Å². The van der Waals surface area contributed by atoms with Gasteiger partial charge in [0.1, 0.15) is 18.6 Å². The third-order valence-electron chi connectivity index (χ3n) is 4.05. The molecule has 136 valence electrons. The molecule has 2 aromatic rings. The maximum Gasteiger partial charge on any atom is 0.153 e. The van der Waals surface area contributed by atoms with Crippen LogP contribution in [0.4, 0.5) is 0 Å². The average Bonchev–Trinajstić information content (AvgIpc) is 3.16. The number of allylic oxidation sites excluding steroid dienone is 1. The Labute approximate surface area is 152 Å². The van der Waals surface area contributed by atoms with Crippen molar-refractivity contribution in [2.45, 2.75) is 32.7 Å². The summed E-state index contributed by atoms with van der Waals surface area (Å²) in [4.78, 5) is 15.8. The highest BCUT2D eigenvalue weighted by atomic mass is 16.5. The standard InChI is InChI=1S/C19H22N4O3/c1-13(2)23-16(6-8-22-23)19-14(5-4-7-20-19)12-26-17-10-21-18(25-3)9-15(17)11-24/h4-11,13,18,21H,12H2,1-3H3. The van der Waals surface area contributed by atoms with E-state index in [-0.39, 0.29) is 18.9 Å². The van der Waals surface area contributed by atoms with Crippen molar-refractivity contribution in [2.75, 3.05) is 7.11 Å². The Bertz CT molecular complexity index is 839. The van der Waals surface area contributed by atoms with Crippen molar-refractivity contribution in [3.05, 3.63) is 59.8 Å². The fraction of sp³-hybridized carbons (Fsp3) is 0.316. The monoisotopic (exact) mass is 354 g/mol. The van der Waals surface area contributed by atoms with Crippen LogP contribution >= 0.6 is 0 Å². The number of methoxy groups -OCH3 is 1. The van der Waals surface area contributed by atoms with Gasteiger partial charge in [0.15, 0.2) is 6.29 Å². The highest BCUT2D eigenvalue weighted by Gasteiger charge is 2.18. The maximum atomic E-state index is 11.3. The summed E-state index contributed by atoms with van der Waals surface area (Å²) in [7, 11) is 1.57. The third-order valence-corrected chi connectivity index (χ3v) is 4.05. The lowest BCUT2D eigenvalue weighted by atomic mass is 10.1. The molecule has 1 unspecified atom stereocenters. The molecule has 0 saturated carbocycles. The number of carbonyl (C=O) groups is 1. The quantitative estimate of drug-likeness (QED) is 0.770. The summed E-state index contributed by atoms with van der Waals surface area (Å²) in [5, 5.41) is 7.38. The van der Waals surface area contributed by atoms with E-state index in [1.165, 1.54) is 0 Å². The summed E-state index contributed by atoms with van der Waals surface area (Å²) in [6.07, 6.45) is 7.26. The van der Waals surface area contributed by atoms with E-state index in [1.807, 2.05) is 22.9 Å².